The van der Waals surface area contributed by atoms with Crippen molar-refractivity contribution in [2.24, 2.45) is 0 Å². The van der Waals surface area contributed by atoms with Crippen LogP contribution >= 0.6 is 0 Å². The van der Waals surface area contributed by atoms with E-state index in [1.54, 1.807) is 7.11 Å². The quantitative estimate of drug-likeness (QED) is 0.290. The lowest BCUT2D eigenvalue weighted by Crippen LogP contribution is -2.45. The van der Waals surface area contributed by atoms with Crippen LogP contribution in [0.2, 0.25) is 0 Å². The van der Waals surface area contributed by atoms with Crippen molar-refractivity contribution in [1.82, 2.24) is 4.90 Å². The van der Waals surface area contributed by atoms with Gasteiger partial charge in [0.05, 0.1) is 13.2 Å². The zero-order chi connectivity index (χ0) is 21.4. The molecular weight excluding hydrogens is 374 g/mol. The third-order valence-corrected chi connectivity index (χ3v) is 6.17. The van der Waals surface area contributed by atoms with Crippen LogP contribution in [0.25, 0.3) is 10.8 Å². The van der Waals surface area contributed by atoms with Crippen molar-refractivity contribution in [3.05, 3.63) is 59.8 Å². The molecule has 1 aliphatic heterocycles. The van der Waals surface area contributed by atoms with Gasteiger partial charge in [0.15, 0.2) is 5.78 Å². The second kappa shape index (κ2) is 10.7. The molecule has 1 fully saturated rings. The Balaban J connectivity index is 1.95. The highest BCUT2D eigenvalue weighted by Crippen LogP contribution is 2.32. The molecule has 3 rings (SSSR count). The molecule has 4 nitrogen and oxygen atoms in total. The number of fused-ring (bicyclic) bond motifs is 1. The summed E-state index contributed by atoms with van der Waals surface area (Å²) in [6.45, 7) is 7.25. The summed E-state index contributed by atoms with van der Waals surface area (Å²) >= 11 is 0. The maximum Gasteiger partial charge on any atom is 0.188 e. The number of methoxy groups -OCH3 is 1. The Kier molecular flexibility index (Phi) is 8.06. The van der Waals surface area contributed by atoms with Crippen LogP contribution in [0.5, 0.6) is 0 Å². The van der Waals surface area contributed by atoms with E-state index in [2.05, 4.69) is 18.7 Å². The molecule has 30 heavy (non-hydrogen) atoms. The molecule has 0 radical (unpaired) electrons. The van der Waals surface area contributed by atoms with Crippen molar-refractivity contribution in [2.45, 2.75) is 51.6 Å². The second-order valence-electron chi connectivity index (χ2n) is 8.27. The number of carbonyl (C=O) groups excluding carboxylic acids is 1. The minimum Gasteiger partial charge on any atom is -0.378 e. The van der Waals surface area contributed by atoms with E-state index in [9.17, 15) is 4.79 Å². The molecule has 2 aromatic carbocycles. The number of nitrogens with zero attached hydrogens (tertiary/aromatic N) is 1. The van der Waals surface area contributed by atoms with Crippen LogP contribution in [-0.4, -0.2) is 49.7 Å². The van der Waals surface area contributed by atoms with Gasteiger partial charge in [0.2, 0.25) is 0 Å². The lowest BCUT2D eigenvalue weighted by Gasteiger charge is -2.40. The smallest absolute Gasteiger partial charge is 0.188 e. The van der Waals surface area contributed by atoms with E-state index in [4.69, 9.17) is 9.47 Å². The maximum absolute atomic E-state index is 13.5. The summed E-state index contributed by atoms with van der Waals surface area (Å²) in [4.78, 5) is 15.7. The van der Waals surface area contributed by atoms with Crippen LogP contribution < -0.4 is 0 Å². The SMILES string of the molecule is CCCCCCC(C)(OC)C(=CC(=O)c1cccc2ccccc12)N1CCOCC1. The highest BCUT2D eigenvalue weighted by Gasteiger charge is 2.33. The van der Waals surface area contributed by atoms with Crippen molar-refractivity contribution in [3.63, 3.8) is 0 Å². The van der Waals surface area contributed by atoms with Crippen molar-refractivity contribution < 1.29 is 14.3 Å². The molecule has 2 aromatic rings. The van der Waals surface area contributed by atoms with Gasteiger partial charge in [0.1, 0.15) is 5.60 Å². The first-order chi connectivity index (χ1) is 14.6. The first kappa shape index (κ1) is 22.5. The monoisotopic (exact) mass is 409 g/mol. The van der Waals surface area contributed by atoms with Gasteiger partial charge >= 0.3 is 0 Å². The van der Waals surface area contributed by atoms with Crippen LogP contribution in [0.1, 0.15) is 56.3 Å². The van der Waals surface area contributed by atoms with Crippen molar-refractivity contribution in [2.75, 3.05) is 33.4 Å². The molecule has 0 bridgehead atoms. The largest absolute Gasteiger partial charge is 0.378 e. The Morgan fingerprint density at radius 1 is 1.10 bits per heavy atom. The average molecular weight is 410 g/mol. The Morgan fingerprint density at radius 3 is 2.57 bits per heavy atom. The van der Waals surface area contributed by atoms with E-state index in [0.29, 0.717) is 13.2 Å². The summed E-state index contributed by atoms with van der Waals surface area (Å²) in [5.41, 5.74) is 1.22. The van der Waals surface area contributed by atoms with Crippen molar-refractivity contribution in [3.8, 4) is 0 Å². The van der Waals surface area contributed by atoms with E-state index in [-0.39, 0.29) is 5.78 Å². The van der Waals surface area contributed by atoms with Gasteiger partial charge < -0.3 is 14.4 Å². The number of hydrogen-bond donors (Lipinski definition) is 0. The topological polar surface area (TPSA) is 38.8 Å². The van der Waals surface area contributed by atoms with Crippen LogP contribution in [0.15, 0.2) is 54.2 Å². The Labute approximate surface area is 180 Å². The van der Waals surface area contributed by atoms with E-state index in [1.807, 2.05) is 48.5 Å². The van der Waals surface area contributed by atoms with E-state index in [1.165, 1.54) is 19.3 Å². The van der Waals surface area contributed by atoms with E-state index in [0.717, 1.165) is 48.0 Å². The second-order valence-corrected chi connectivity index (χ2v) is 8.27. The van der Waals surface area contributed by atoms with Gasteiger partial charge in [-0.1, -0.05) is 75.1 Å². The minimum absolute atomic E-state index is 0.0325. The molecule has 0 amide bonds. The van der Waals surface area contributed by atoms with Gasteiger partial charge in [0, 0.05) is 37.5 Å². The zero-order valence-corrected chi connectivity index (χ0v) is 18.7. The summed E-state index contributed by atoms with van der Waals surface area (Å²) in [5.74, 6) is 0.0325. The normalized spacial score (nSPS) is 17.2. The van der Waals surface area contributed by atoms with Crippen LogP contribution in [0, 0.1) is 0 Å². The molecule has 1 aliphatic rings. The number of benzene rings is 2. The number of carbonyl (C=O) groups is 1. The fourth-order valence-electron chi connectivity index (χ4n) is 4.25. The summed E-state index contributed by atoms with van der Waals surface area (Å²) < 4.78 is 11.6. The maximum atomic E-state index is 13.5. The van der Waals surface area contributed by atoms with Crippen molar-refractivity contribution in [1.29, 1.82) is 0 Å². The molecule has 1 unspecified atom stereocenters. The number of rotatable bonds is 10. The van der Waals surface area contributed by atoms with Gasteiger partial charge in [-0.25, -0.2) is 0 Å². The zero-order valence-electron chi connectivity index (χ0n) is 18.7. The molecule has 0 aromatic heterocycles. The van der Waals surface area contributed by atoms with Gasteiger partial charge in [-0.15, -0.1) is 0 Å². The molecule has 0 aliphatic carbocycles. The molecule has 0 saturated carbocycles. The fraction of sp³-hybridized carbons (Fsp3) is 0.500. The lowest BCUT2D eigenvalue weighted by molar-refractivity contribution is -0.0174. The van der Waals surface area contributed by atoms with Gasteiger partial charge in [-0.05, 0) is 24.1 Å². The molecular formula is C26H35NO3. The summed E-state index contributed by atoms with van der Waals surface area (Å²) in [6.07, 6.45) is 7.41. The highest BCUT2D eigenvalue weighted by atomic mass is 16.5. The number of morpholine rings is 1. The number of hydrogen-bond acceptors (Lipinski definition) is 4. The Bertz CT molecular complexity index is 864. The van der Waals surface area contributed by atoms with Gasteiger partial charge in [0.25, 0.3) is 0 Å². The standard InChI is InChI=1S/C26H35NO3/c1-4-5-6-9-15-26(2,29-3)25(27-16-18-30-19-17-27)20-24(28)23-14-10-12-21-11-7-8-13-22(21)23/h7-8,10-14,20H,4-6,9,15-19H2,1-3H3. The lowest BCUT2D eigenvalue weighted by atomic mass is 9.90. The predicted molar refractivity (Wildman–Crippen MR) is 123 cm³/mol. The predicted octanol–water partition coefficient (Wildman–Crippen LogP) is 5.61. The average Bonchev–Trinajstić information content (AvgIpc) is 2.80. The highest BCUT2D eigenvalue weighted by molar-refractivity contribution is 6.13. The minimum atomic E-state index is -0.495. The number of ketones is 1. The van der Waals surface area contributed by atoms with Gasteiger partial charge in [-0.3, -0.25) is 4.79 Å². The Morgan fingerprint density at radius 2 is 1.83 bits per heavy atom. The molecule has 0 spiro atoms. The summed E-state index contributed by atoms with van der Waals surface area (Å²) in [7, 11) is 1.76. The summed E-state index contributed by atoms with van der Waals surface area (Å²) in [6, 6.07) is 14.0. The van der Waals surface area contributed by atoms with Crippen LogP contribution in [0.3, 0.4) is 0 Å². The molecule has 162 valence electrons. The van der Waals surface area contributed by atoms with E-state index >= 15 is 0 Å². The van der Waals surface area contributed by atoms with Gasteiger partial charge in [-0.2, -0.15) is 0 Å². The van der Waals surface area contributed by atoms with Crippen LogP contribution in [0.4, 0.5) is 0 Å². The number of unbranched alkanes of at least 4 members (excludes halogenated alkanes) is 3. The molecule has 4 heteroatoms. The third kappa shape index (κ3) is 5.30. The summed E-state index contributed by atoms with van der Waals surface area (Å²) in [5, 5.41) is 2.07. The molecule has 0 N–H and O–H groups in total. The number of ether oxygens (including phenoxy) is 2. The Hall–Kier alpha value is -2.17. The van der Waals surface area contributed by atoms with Crippen LogP contribution in [-0.2, 0) is 9.47 Å². The van der Waals surface area contributed by atoms with Crippen molar-refractivity contribution >= 4 is 16.6 Å². The molecule has 1 atom stereocenters. The first-order valence-electron chi connectivity index (χ1n) is 11.2. The molecule has 1 heterocycles. The first-order valence-corrected chi connectivity index (χ1v) is 11.2. The fourth-order valence-corrected chi connectivity index (χ4v) is 4.25. The van der Waals surface area contributed by atoms with E-state index < -0.39 is 5.60 Å². The number of allylic oxidation sites excluding steroid dienone is 1. The third-order valence-electron chi connectivity index (χ3n) is 6.17. The molecule has 1 saturated heterocycles.